The van der Waals surface area contributed by atoms with Crippen molar-refractivity contribution < 1.29 is 0 Å². The lowest BCUT2D eigenvalue weighted by Gasteiger charge is -2.01. The van der Waals surface area contributed by atoms with Crippen LogP contribution in [0.3, 0.4) is 0 Å². The van der Waals surface area contributed by atoms with Gasteiger partial charge in [-0.15, -0.1) is 0 Å². The van der Waals surface area contributed by atoms with E-state index in [0.29, 0.717) is 17.2 Å². The molecule has 0 unspecified atom stereocenters. The first kappa shape index (κ1) is 12.1. The largest absolute Gasteiger partial charge is 0.382 e. The Morgan fingerprint density at radius 1 is 1.44 bits per heavy atom. The van der Waals surface area contributed by atoms with Crippen molar-refractivity contribution in [3.05, 3.63) is 35.7 Å². The average molecular weight is 241 g/mol. The number of rotatable bonds is 4. The summed E-state index contributed by atoms with van der Waals surface area (Å²) >= 11 is 0. The predicted molar refractivity (Wildman–Crippen MR) is 69.1 cm³/mol. The van der Waals surface area contributed by atoms with E-state index in [1.165, 1.54) is 4.68 Å². The van der Waals surface area contributed by atoms with Crippen molar-refractivity contribution in [2.75, 3.05) is 5.73 Å². The van der Waals surface area contributed by atoms with Crippen molar-refractivity contribution in [1.82, 2.24) is 14.8 Å². The minimum atomic E-state index is 0.363. The number of nitrogens with two attached hydrogens (primary N) is 1. The monoisotopic (exact) mass is 241 g/mol. The van der Waals surface area contributed by atoms with Gasteiger partial charge in [0.15, 0.2) is 5.82 Å². The van der Waals surface area contributed by atoms with Gasteiger partial charge in [-0.2, -0.15) is 15.0 Å². The third-order valence-electron chi connectivity index (χ3n) is 2.74. The Bertz CT molecular complexity index is 565. The molecule has 2 N–H and O–H groups in total. The molecule has 2 rings (SSSR count). The predicted octanol–water partition coefficient (Wildman–Crippen LogP) is 2.06. The van der Waals surface area contributed by atoms with Crippen LogP contribution in [0.4, 0.5) is 5.82 Å². The van der Waals surface area contributed by atoms with Gasteiger partial charge in [0.05, 0.1) is 5.69 Å². The summed E-state index contributed by atoms with van der Waals surface area (Å²) in [6.45, 7) is 2.10. The van der Waals surface area contributed by atoms with E-state index in [2.05, 4.69) is 23.1 Å². The summed E-state index contributed by atoms with van der Waals surface area (Å²) in [4.78, 5) is 4.19. The number of hydrogen-bond acceptors (Lipinski definition) is 4. The van der Waals surface area contributed by atoms with Crippen LogP contribution in [0.2, 0.25) is 0 Å². The Kier molecular flexibility index (Phi) is 3.58. The fourth-order valence-electron chi connectivity index (χ4n) is 1.77. The van der Waals surface area contributed by atoms with Crippen molar-refractivity contribution in [1.29, 1.82) is 5.26 Å². The molecule has 92 valence electrons. The molecule has 2 heterocycles. The molecule has 0 aliphatic carbocycles. The minimum Gasteiger partial charge on any atom is -0.382 e. The van der Waals surface area contributed by atoms with Crippen LogP contribution in [-0.4, -0.2) is 14.8 Å². The minimum absolute atomic E-state index is 0.363. The molecule has 0 spiro atoms. The summed E-state index contributed by atoms with van der Waals surface area (Å²) in [5, 5.41) is 13.6. The van der Waals surface area contributed by atoms with Crippen molar-refractivity contribution in [3.63, 3.8) is 0 Å². The molecule has 0 radical (unpaired) electrons. The van der Waals surface area contributed by atoms with Gasteiger partial charge in [-0.25, -0.2) is 4.98 Å². The normalized spacial score (nSPS) is 10.2. The number of hydrogen-bond donors (Lipinski definition) is 1. The molecule has 5 nitrogen and oxygen atoms in total. The number of anilines is 1. The zero-order valence-electron chi connectivity index (χ0n) is 10.3. The van der Waals surface area contributed by atoms with Gasteiger partial charge in [-0.1, -0.05) is 19.4 Å². The van der Waals surface area contributed by atoms with E-state index in [-0.39, 0.29) is 0 Å². The second-order valence-corrected chi connectivity index (χ2v) is 4.02. The highest BCUT2D eigenvalue weighted by atomic mass is 15.3. The van der Waals surface area contributed by atoms with E-state index < -0.39 is 0 Å². The van der Waals surface area contributed by atoms with Gasteiger partial charge >= 0.3 is 0 Å². The molecule has 0 aromatic carbocycles. The van der Waals surface area contributed by atoms with Crippen LogP contribution in [-0.2, 0) is 6.42 Å². The van der Waals surface area contributed by atoms with Crippen LogP contribution < -0.4 is 5.73 Å². The molecular weight excluding hydrogens is 226 g/mol. The number of unbranched alkanes of at least 4 members (excludes halogenated alkanes) is 1. The molecule has 5 heteroatoms. The van der Waals surface area contributed by atoms with E-state index in [0.717, 1.165) is 25.0 Å². The van der Waals surface area contributed by atoms with Gasteiger partial charge < -0.3 is 5.73 Å². The molecule has 0 saturated heterocycles. The highest BCUT2D eigenvalue weighted by Crippen LogP contribution is 2.20. The Balaban J connectivity index is 2.44. The summed E-state index contributed by atoms with van der Waals surface area (Å²) in [5.41, 5.74) is 7.18. The Morgan fingerprint density at radius 3 is 2.89 bits per heavy atom. The smallest absolute Gasteiger partial charge is 0.155 e. The SMILES string of the molecule is CCCCc1nn(-c2ccccn2)c(N)c1C#N. The fourth-order valence-corrected chi connectivity index (χ4v) is 1.77. The van der Waals surface area contributed by atoms with Crippen LogP contribution in [0.25, 0.3) is 5.82 Å². The molecule has 18 heavy (non-hydrogen) atoms. The van der Waals surface area contributed by atoms with Gasteiger partial charge in [-0.3, -0.25) is 0 Å². The van der Waals surface area contributed by atoms with Crippen molar-refractivity contribution in [2.45, 2.75) is 26.2 Å². The molecule has 0 bridgehead atoms. The topological polar surface area (TPSA) is 80.5 Å². The molecule has 0 saturated carbocycles. The van der Waals surface area contributed by atoms with Crippen molar-refractivity contribution in [2.24, 2.45) is 0 Å². The second-order valence-electron chi connectivity index (χ2n) is 4.02. The Hall–Kier alpha value is -2.35. The number of aryl methyl sites for hydroxylation is 1. The number of nitrogens with zero attached hydrogens (tertiary/aromatic N) is 4. The van der Waals surface area contributed by atoms with Gasteiger partial charge in [0, 0.05) is 6.20 Å². The molecule has 0 aliphatic heterocycles. The first-order chi connectivity index (χ1) is 8.77. The molecule has 0 aliphatic rings. The average Bonchev–Trinajstić information content (AvgIpc) is 2.73. The van der Waals surface area contributed by atoms with E-state index in [9.17, 15) is 0 Å². The van der Waals surface area contributed by atoms with Gasteiger partial charge in [0.25, 0.3) is 0 Å². The van der Waals surface area contributed by atoms with Crippen LogP contribution >= 0.6 is 0 Å². The van der Waals surface area contributed by atoms with E-state index in [4.69, 9.17) is 11.0 Å². The number of nitriles is 1. The molecule has 2 aromatic rings. The fraction of sp³-hybridized carbons (Fsp3) is 0.308. The molecular formula is C13H15N5. The van der Waals surface area contributed by atoms with Crippen LogP contribution in [0.1, 0.15) is 31.0 Å². The standard InChI is InChI=1S/C13H15N5/c1-2-3-6-11-10(9-14)13(15)18(17-11)12-7-4-5-8-16-12/h4-5,7-8H,2-3,6,15H2,1H3. The number of pyridine rings is 1. The van der Waals surface area contributed by atoms with Crippen LogP contribution in [0, 0.1) is 11.3 Å². The number of aromatic nitrogens is 3. The summed E-state index contributed by atoms with van der Waals surface area (Å²) < 4.78 is 1.53. The zero-order valence-corrected chi connectivity index (χ0v) is 10.3. The van der Waals surface area contributed by atoms with E-state index in [1.54, 1.807) is 6.20 Å². The van der Waals surface area contributed by atoms with Crippen molar-refractivity contribution in [3.8, 4) is 11.9 Å². The first-order valence-corrected chi connectivity index (χ1v) is 5.96. The van der Waals surface area contributed by atoms with Crippen molar-refractivity contribution >= 4 is 5.82 Å². The summed E-state index contributed by atoms with van der Waals surface area (Å²) in [6.07, 6.45) is 4.49. The first-order valence-electron chi connectivity index (χ1n) is 5.96. The molecule has 0 amide bonds. The second kappa shape index (κ2) is 5.32. The Morgan fingerprint density at radius 2 is 2.28 bits per heavy atom. The maximum Gasteiger partial charge on any atom is 0.155 e. The highest BCUT2D eigenvalue weighted by molar-refractivity contribution is 5.55. The molecule has 2 aromatic heterocycles. The zero-order chi connectivity index (χ0) is 13.0. The van der Waals surface area contributed by atoms with Gasteiger partial charge in [0.2, 0.25) is 0 Å². The lowest BCUT2D eigenvalue weighted by molar-refractivity contribution is 0.747. The summed E-state index contributed by atoms with van der Waals surface area (Å²) in [7, 11) is 0. The summed E-state index contributed by atoms with van der Waals surface area (Å²) in [6, 6.07) is 7.63. The van der Waals surface area contributed by atoms with E-state index >= 15 is 0 Å². The Labute approximate surface area is 106 Å². The van der Waals surface area contributed by atoms with Crippen LogP contribution in [0.15, 0.2) is 24.4 Å². The molecule has 0 atom stereocenters. The number of nitrogen functional groups attached to an aromatic ring is 1. The molecule has 0 fully saturated rings. The maximum absolute atomic E-state index is 9.16. The lowest BCUT2D eigenvalue weighted by atomic mass is 10.1. The third kappa shape index (κ3) is 2.18. The van der Waals surface area contributed by atoms with E-state index in [1.807, 2.05) is 18.2 Å². The maximum atomic E-state index is 9.16. The highest BCUT2D eigenvalue weighted by Gasteiger charge is 2.16. The summed E-state index contributed by atoms with van der Waals surface area (Å²) in [5.74, 6) is 0.997. The van der Waals surface area contributed by atoms with Gasteiger partial charge in [0.1, 0.15) is 17.5 Å². The van der Waals surface area contributed by atoms with Crippen LogP contribution in [0.5, 0.6) is 0 Å². The quantitative estimate of drug-likeness (QED) is 0.888. The lowest BCUT2D eigenvalue weighted by Crippen LogP contribution is -2.04. The van der Waals surface area contributed by atoms with Gasteiger partial charge in [-0.05, 0) is 25.0 Å². The third-order valence-corrected chi connectivity index (χ3v) is 2.74.